The van der Waals surface area contributed by atoms with E-state index in [2.05, 4.69) is 16.7 Å². The number of carbonyl (C=O) groups excluding carboxylic acids is 1. The summed E-state index contributed by atoms with van der Waals surface area (Å²) in [6, 6.07) is 2.21. The van der Waals surface area contributed by atoms with Crippen LogP contribution < -0.4 is 10.6 Å². The molecule has 0 spiro atoms. The summed E-state index contributed by atoms with van der Waals surface area (Å²) in [5.74, 6) is -0.100. The van der Waals surface area contributed by atoms with E-state index in [0.29, 0.717) is 30.2 Å². The monoisotopic (exact) mass is 279 g/mol. The van der Waals surface area contributed by atoms with Crippen LogP contribution in [0.1, 0.15) is 29.3 Å². The average molecular weight is 279 g/mol. The lowest BCUT2D eigenvalue weighted by molar-refractivity contribution is -0.117. The van der Waals surface area contributed by atoms with E-state index < -0.39 is 0 Å². The smallest absolute Gasteiger partial charge is 0.227 e. The molecule has 0 aromatic carbocycles. The molecule has 0 aliphatic carbocycles. The van der Waals surface area contributed by atoms with Crippen molar-refractivity contribution < 1.29 is 9.53 Å². The van der Waals surface area contributed by atoms with Gasteiger partial charge in [-0.25, -0.2) is 0 Å². The Morgan fingerprint density at radius 2 is 2.47 bits per heavy atom. The highest BCUT2D eigenvalue weighted by atomic mass is 32.1. The van der Waals surface area contributed by atoms with Gasteiger partial charge in [-0.2, -0.15) is 5.26 Å². The van der Waals surface area contributed by atoms with Crippen LogP contribution in [0.25, 0.3) is 0 Å². The highest BCUT2D eigenvalue weighted by Crippen LogP contribution is 2.34. The van der Waals surface area contributed by atoms with Gasteiger partial charge in [0.15, 0.2) is 0 Å². The number of anilines is 1. The molecule has 1 aliphatic rings. The minimum absolute atomic E-state index is 0.100. The summed E-state index contributed by atoms with van der Waals surface area (Å²) in [6.45, 7) is 4.58. The van der Waals surface area contributed by atoms with Crippen molar-refractivity contribution in [3.05, 3.63) is 16.0 Å². The minimum Gasteiger partial charge on any atom is -0.381 e. The van der Waals surface area contributed by atoms with Gasteiger partial charge in [-0.15, -0.1) is 11.3 Å². The number of rotatable bonds is 5. The molecule has 0 fully saturated rings. The molecule has 2 N–H and O–H groups in total. The topological polar surface area (TPSA) is 74.1 Å². The second-order valence-corrected chi connectivity index (χ2v) is 5.35. The lowest BCUT2D eigenvalue weighted by Crippen LogP contribution is -2.22. The summed E-state index contributed by atoms with van der Waals surface area (Å²) in [5, 5.41) is 16.0. The predicted octanol–water partition coefficient (Wildman–Crippen LogP) is 1.63. The van der Waals surface area contributed by atoms with Crippen LogP contribution in [0.5, 0.6) is 0 Å². The molecule has 2 rings (SSSR count). The maximum Gasteiger partial charge on any atom is 0.227 e. The molecular weight excluding hydrogens is 262 g/mol. The first-order valence-electron chi connectivity index (χ1n) is 6.39. The van der Waals surface area contributed by atoms with Gasteiger partial charge in [-0.05, 0) is 25.5 Å². The van der Waals surface area contributed by atoms with Crippen LogP contribution >= 0.6 is 11.3 Å². The lowest BCUT2D eigenvalue weighted by Gasteiger charge is -2.11. The van der Waals surface area contributed by atoms with Gasteiger partial charge in [0.05, 0.1) is 18.6 Å². The van der Waals surface area contributed by atoms with Crippen LogP contribution in [0.15, 0.2) is 0 Å². The number of nitrogens with zero attached hydrogens (tertiary/aromatic N) is 1. The van der Waals surface area contributed by atoms with Gasteiger partial charge >= 0.3 is 0 Å². The number of thiophene rings is 1. The maximum absolute atomic E-state index is 11.8. The standard InChI is InChI=1S/C13H17N3O2S/c1-2-18-6-4-12(17)16-13-10(7-14)9-3-5-15-8-11(9)19-13/h15H,2-6,8H2,1H3,(H,16,17). The van der Waals surface area contributed by atoms with Crippen molar-refractivity contribution in [3.63, 3.8) is 0 Å². The number of fused-ring (bicyclic) bond motifs is 1. The van der Waals surface area contributed by atoms with Crippen molar-refractivity contribution in [2.75, 3.05) is 25.1 Å². The summed E-state index contributed by atoms with van der Waals surface area (Å²) in [7, 11) is 0. The first-order valence-corrected chi connectivity index (χ1v) is 7.20. The van der Waals surface area contributed by atoms with Crippen LogP contribution in [0, 0.1) is 11.3 Å². The van der Waals surface area contributed by atoms with E-state index in [1.54, 1.807) is 0 Å². The van der Waals surface area contributed by atoms with Gasteiger partial charge in [0, 0.05) is 18.0 Å². The van der Waals surface area contributed by atoms with Crippen LogP contribution in [0.2, 0.25) is 0 Å². The maximum atomic E-state index is 11.8. The van der Waals surface area contributed by atoms with Crippen LogP contribution in [0.3, 0.4) is 0 Å². The highest BCUT2D eigenvalue weighted by molar-refractivity contribution is 7.16. The number of carbonyl (C=O) groups is 1. The highest BCUT2D eigenvalue weighted by Gasteiger charge is 2.21. The molecule has 5 nitrogen and oxygen atoms in total. The van der Waals surface area contributed by atoms with Gasteiger partial charge in [0.2, 0.25) is 5.91 Å². The normalized spacial score (nSPS) is 13.7. The minimum atomic E-state index is -0.100. The molecule has 0 saturated carbocycles. The van der Waals surface area contributed by atoms with E-state index in [0.717, 1.165) is 30.0 Å². The molecule has 102 valence electrons. The average Bonchev–Trinajstić information content (AvgIpc) is 2.76. The van der Waals surface area contributed by atoms with Crippen molar-refractivity contribution in [2.24, 2.45) is 0 Å². The molecule has 0 atom stereocenters. The molecule has 19 heavy (non-hydrogen) atoms. The van der Waals surface area contributed by atoms with Crippen LogP contribution in [-0.4, -0.2) is 25.7 Å². The summed E-state index contributed by atoms with van der Waals surface area (Å²) in [4.78, 5) is 12.9. The van der Waals surface area contributed by atoms with Gasteiger partial charge < -0.3 is 15.4 Å². The van der Waals surface area contributed by atoms with Crippen molar-refractivity contribution >= 4 is 22.2 Å². The molecule has 0 radical (unpaired) electrons. The Hall–Kier alpha value is -1.42. The zero-order valence-corrected chi connectivity index (χ0v) is 11.7. The second kappa shape index (κ2) is 6.66. The second-order valence-electron chi connectivity index (χ2n) is 4.24. The summed E-state index contributed by atoms with van der Waals surface area (Å²) < 4.78 is 5.15. The first kappa shape index (κ1) is 14.0. The number of amides is 1. The molecule has 6 heteroatoms. The van der Waals surface area contributed by atoms with Gasteiger partial charge in [-0.3, -0.25) is 4.79 Å². The number of hydrogen-bond acceptors (Lipinski definition) is 5. The van der Waals surface area contributed by atoms with Crippen molar-refractivity contribution in [3.8, 4) is 6.07 Å². The van der Waals surface area contributed by atoms with E-state index in [1.165, 1.54) is 11.3 Å². The Kier molecular flexibility index (Phi) is 4.91. The predicted molar refractivity (Wildman–Crippen MR) is 74.2 cm³/mol. The zero-order chi connectivity index (χ0) is 13.7. The van der Waals surface area contributed by atoms with Crippen LogP contribution in [-0.2, 0) is 22.5 Å². The summed E-state index contributed by atoms with van der Waals surface area (Å²) >= 11 is 1.50. The largest absolute Gasteiger partial charge is 0.381 e. The third kappa shape index (κ3) is 3.32. The van der Waals surface area contributed by atoms with Crippen molar-refractivity contribution in [1.82, 2.24) is 5.32 Å². The zero-order valence-electron chi connectivity index (χ0n) is 10.9. The van der Waals surface area contributed by atoms with Crippen LogP contribution in [0.4, 0.5) is 5.00 Å². The Balaban J connectivity index is 2.06. The summed E-state index contributed by atoms with van der Waals surface area (Å²) in [5.41, 5.74) is 1.72. The van der Waals surface area contributed by atoms with E-state index in [1.807, 2.05) is 6.92 Å². The van der Waals surface area contributed by atoms with E-state index in [4.69, 9.17) is 4.74 Å². The molecule has 1 aromatic rings. The first-order chi connectivity index (χ1) is 9.26. The number of nitrogens with one attached hydrogen (secondary N) is 2. The number of hydrogen-bond donors (Lipinski definition) is 2. The molecule has 2 heterocycles. The quantitative estimate of drug-likeness (QED) is 0.803. The fourth-order valence-electron chi connectivity index (χ4n) is 2.04. The molecule has 0 saturated heterocycles. The Morgan fingerprint density at radius 1 is 1.63 bits per heavy atom. The Labute approximate surface area is 116 Å². The van der Waals surface area contributed by atoms with Gasteiger partial charge in [0.25, 0.3) is 0 Å². The molecule has 0 bridgehead atoms. The van der Waals surface area contributed by atoms with E-state index in [9.17, 15) is 10.1 Å². The SMILES string of the molecule is CCOCCC(=O)Nc1sc2c(c1C#N)CCNC2. The fourth-order valence-corrected chi connectivity index (χ4v) is 3.22. The van der Waals surface area contributed by atoms with Gasteiger partial charge in [-0.1, -0.05) is 0 Å². The third-order valence-corrected chi connectivity index (χ3v) is 4.12. The number of ether oxygens (including phenoxy) is 1. The molecular formula is C13H17N3O2S. The van der Waals surface area contributed by atoms with Crippen molar-refractivity contribution in [1.29, 1.82) is 5.26 Å². The Morgan fingerprint density at radius 3 is 3.21 bits per heavy atom. The van der Waals surface area contributed by atoms with E-state index >= 15 is 0 Å². The van der Waals surface area contributed by atoms with Crippen molar-refractivity contribution in [2.45, 2.75) is 26.3 Å². The van der Waals surface area contributed by atoms with E-state index in [-0.39, 0.29) is 5.91 Å². The lowest BCUT2D eigenvalue weighted by atomic mass is 10.1. The molecule has 0 unspecified atom stereocenters. The molecule has 1 amide bonds. The molecule has 1 aliphatic heterocycles. The summed E-state index contributed by atoms with van der Waals surface area (Å²) in [6.07, 6.45) is 1.17. The van der Waals surface area contributed by atoms with Gasteiger partial charge in [0.1, 0.15) is 11.1 Å². The molecule has 1 aromatic heterocycles. The fraction of sp³-hybridized carbons (Fsp3) is 0.538. The third-order valence-electron chi connectivity index (χ3n) is 2.97. The number of nitriles is 1. The Bertz CT molecular complexity index is 505.